The van der Waals surface area contributed by atoms with Gasteiger partial charge < -0.3 is 9.46 Å². The number of methoxy groups -OCH3 is 1. The quantitative estimate of drug-likeness (QED) is 0.475. The highest BCUT2D eigenvalue weighted by atomic mass is 32.2. The molecule has 0 spiro atoms. The third-order valence-electron chi connectivity index (χ3n) is 4.46. The Hall–Kier alpha value is -2.45. The highest BCUT2D eigenvalue weighted by Crippen LogP contribution is 2.34. The summed E-state index contributed by atoms with van der Waals surface area (Å²) in [6.07, 6.45) is 2.18. The van der Waals surface area contributed by atoms with Gasteiger partial charge in [0.15, 0.2) is 0 Å². The third kappa shape index (κ3) is 4.84. The molecule has 0 radical (unpaired) electrons. The maximum atomic E-state index is 13.6. The minimum absolute atomic E-state index is 0.0501. The van der Waals surface area contributed by atoms with Crippen LogP contribution in [0.2, 0.25) is 0 Å². The molecular weight excluding hydrogens is 366 g/mol. The standard InChI is InChI=1S/C19H22N3O4S/c1-14(16-5-9-18(26-2)10-6-16)21-27(25,20-13-15-3-4-15)19-11-7-17(8-12-19)22(23)24/h5-12,14-15H,3-4,13H2,1-2H3/q-1/t14-,27?/m1/s1. The number of rotatable bonds is 8. The van der Waals surface area contributed by atoms with Crippen LogP contribution < -0.4 is 4.74 Å². The molecule has 0 N–H and O–H groups in total. The fraction of sp³-hybridized carbons (Fsp3) is 0.368. The summed E-state index contributed by atoms with van der Waals surface area (Å²) in [4.78, 5) is 10.8. The first kappa shape index (κ1) is 19.3. The molecule has 7 nitrogen and oxygen atoms in total. The van der Waals surface area contributed by atoms with Gasteiger partial charge in [-0.1, -0.05) is 30.9 Å². The number of hydrogen-bond acceptors (Lipinski definition) is 5. The Morgan fingerprint density at radius 1 is 1.22 bits per heavy atom. The van der Waals surface area contributed by atoms with Crippen molar-refractivity contribution in [3.05, 3.63) is 68.9 Å². The molecule has 1 saturated carbocycles. The van der Waals surface area contributed by atoms with E-state index < -0.39 is 14.8 Å². The number of nitro groups is 1. The Balaban J connectivity index is 1.93. The lowest BCUT2D eigenvalue weighted by molar-refractivity contribution is -0.384. The lowest BCUT2D eigenvalue weighted by Gasteiger charge is -2.27. The fourth-order valence-corrected chi connectivity index (χ4v) is 4.37. The molecule has 2 aromatic rings. The average molecular weight is 388 g/mol. The Bertz CT molecular complexity index is 915. The predicted octanol–water partition coefficient (Wildman–Crippen LogP) is 4.89. The van der Waals surface area contributed by atoms with Crippen LogP contribution in [0, 0.1) is 16.0 Å². The van der Waals surface area contributed by atoms with Gasteiger partial charge in [-0.05, 0) is 46.7 Å². The van der Waals surface area contributed by atoms with Gasteiger partial charge in [-0.3, -0.25) is 14.3 Å². The van der Waals surface area contributed by atoms with E-state index >= 15 is 0 Å². The smallest absolute Gasteiger partial charge is 0.269 e. The van der Waals surface area contributed by atoms with Crippen LogP contribution in [0.4, 0.5) is 5.69 Å². The lowest BCUT2D eigenvalue weighted by Crippen LogP contribution is -2.05. The first-order valence-electron chi connectivity index (χ1n) is 8.74. The van der Waals surface area contributed by atoms with Gasteiger partial charge in [-0.2, -0.15) is 0 Å². The Kier molecular flexibility index (Phi) is 5.76. The largest absolute Gasteiger partial charge is 0.562 e. The summed E-state index contributed by atoms with van der Waals surface area (Å²) in [6, 6.07) is 12.7. The highest BCUT2D eigenvalue weighted by Gasteiger charge is 2.18. The van der Waals surface area contributed by atoms with E-state index in [0.29, 0.717) is 17.4 Å². The minimum atomic E-state index is -3.03. The van der Waals surface area contributed by atoms with Crippen LogP contribution in [-0.4, -0.2) is 22.8 Å². The molecule has 0 amide bonds. The van der Waals surface area contributed by atoms with Crippen LogP contribution in [0.3, 0.4) is 0 Å². The summed E-state index contributed by atoms with van der Waals surface area (Å²) in [5.74, 6) is 1.20. The van der Waals surface area contributed by atoms with E-state index in [1.165, 1.54) is 24.3 Å². The summed E-state index contributed by atoms with van der Waals surface area (Å²) in [7, 11) is -1.43. The van der Waals surface area contributed by atoms with Crippen LogP contribution in [0.5, 0.6) is 5.75 Å². The van der Waals surface area contributed by atoms with Crippen molar-refractivity contribution in [3.63, 3.8) is 0 Å². The van der Waals surface area contributed by atoms with E-state index in [1.807, 2.05) is 31.2 Å². The second kappa shape index (κ2) is 8.06. The molecule has 8 heteroatoms. The maximum absolute atomic E-state index is 13.6. The van der Waals surface area contributed by atoms with Crippen molar-refractivity contribution < 1.29 is 13.9 Å². The van der Waals surface area contributed by atoms with Crippen molar-refractivity contribution >= 4 is 15.6 Å². The lowest BCUT2D eigenvalue weighted by atomic mass is 10.1. The van der Waals surface area contributed by atoms with Gasteiger partial charge in [0, 0.05) is 17.0 Å². The SMILES string of the molecule is COc1ccc([C@@H](C)N=S(=O)([N-]CC2CC2)c2ccc([N+](=O)[O-])cc2)cc1. The van der Waals surface area contributed by atoms with E-state index in [2.05, 4.69) is 9.08 Å². The van der Waals surface area contributed by atoms with Crippen LogP contribution in [0.15, 0.2) is 57.8 Å². The Labute approximate surface area is 159 Å². The van der Waals surface area contributed by atoms with Crippen LogP contribution in [0.1, 0.15) is 31.4 Å². The zero-order valence-corrected chi connectivity index (χ0v) is 16.1. The summed E-state index contributed by atoms with van der Waals surface area (Å²) >= 11 is 0. The molecular formula is C19H22N3O4S-. The van der Waals surface area contributed by atoms with E-state index in [-0.39, 0.29) is 11.7 Å². The number of hydrogen-bond donors (Lipinski definition) is 0. The van der Waals surface area contributed by atoms with E-state index in [0.717, 1.165) is 24.2 Å². The molecule has 144 valence electrons. The molecule has 1 aliphatic carbocycles. The number of nitrogens with zero attached hydrogens (tertiary/aromatic N) is 3. The van der Waals surface area contributed by atoms with Gasteiger partial charge in [-0.15, -0.1) is 6.54 Å². The zero-order valence-electron chi connectivity index (χ0n) is 15.3. The van der Waals surface area contributed by atoms with E-state index in [4.69, 9.17) is 4.74 Å². The first-order chi connectivity index (χ1) is 12.9. The van der Waals surface area contributed by atoms with Gasteiger partial charge >= 0.3 is 0 Å². The van der Waals surface area contributed by atoms with Crippen molar-refractivity contribution in [1.29, 1.82) is 0 Å². The van der Waals surface area contributed by atoms with Crippen molar-refractivity contribution in [3.8, 4) is 5.75 Å². The van der Waals surface area contributed by atoms with Crippen molar-refractivity contribution in [2.24, 2.45) is 10.3 Å². The zero-order chi connectivity index (χ0) is 19.4. The molecule has 1 aliphatic rings. The molecule has 2 atom stereocenters. The number of ether oxygens (including phenoxy) is 1. The maximum Gasteiger partial charge on any atom is 0.269 e. The van der Waals surface area contributed by atoms with Gasteiger partial charge in [0.05, 0.1) is 18.1 Å². The third-order valence-corrected chi connectivity index (χ3v) is 6.45. The van der Waals surface area contributed by atoms with Gasteiger partial charge in [0.2, 0.25) is 0 Å². The summed E-state index contributed by atoms with van der Waals surface area (Å²) < 4.78 is 27.7. The van der Waals surface area contributed by atoms with E-state index in [9.17, 15) is 14.3 Å². The second-order valence-electron chi connectivity index (χ2n) is 6.56. The molecule has 3 rings (SSSR count). The van der Waals surface area contributed by atoms with Crippen molar-refractivity contribution in [2.45, 2.75) is 30.7 Å². The second-order valence-corrected chi connectivity index (χ2v) is 8.49. The predicted molar refractivity (Wildman–Crippen MR) is 104 cm³/mol. The number of benzene rings is 2. The minimum Gasteiger partial charge on any atom is -0.562 e. The molecule has 0 aliphatic heterocycles. The normalized spacial score (nSPS) is 17.0. The van der Waals surface area contributed by atoms with Crippen molar-refractivity contribution in [2.75, 3.05) is 13.7 Å². The summed E-state index contributed by atoms with van der Waals surface area (Å²) in [5, 5.41) is 10.9. The average Bonchev–Trinajstić information content (AvgIpc) is 3.51. The molecule has 1 unspecified atom stereocenters. The Morgan fingerprint density at radius 3 is 2.37 bits per heavy atom. The monoisotopic (exact) mass is 388 g/mol. The molecule has 1 fully saturated rings. The van der Waals surface area contributed by atoms with Gasteiger partial charge in [-0.25, -0.2) is 4.36 Å². The Morgan fingerprint density at radius 2 is 1.85 bits per heavy atom. The van der Waals surface area contributed by atoms with Gasteiger partial charge in [0.1, 0.15) is 5.75 Å². The molecule has 0 bridgehead atoms. The fourth-order valence-electron chi connectivity index (χ4n) is 2.58. The first-order valence-corrected chi connectivity index (χ1v) is 10.2. The molecule has 0 saturated heterocycles. The van der Waals surface area contributed by atoms with Crippen LogP contribution in [-0.2, 0) is 9.92 Å². The number of non-ortho nitro benzene ring substituents is 1. The van der Waals surface area contributed by atoms with E-state index in [1.54, 1.807) is 7.11 Å². The van der Waals surface area contributed by atoms with Crippen LogP contribution >= 0.6 is 0 Å². The molecule has 2 aromatic carbocycles. The molecule has 0 heterocycles. The van der Waals surface area contributed by atoms with Gasteiger partial charge in [0.25, 0.3) is 5.69 Å². The highest BCUT2D eigenvalue weighted by molar-refractivity contribution is 7.96. The van der Waals surface area contributed by atoms with Crippen molar-refractivity contribution in [1.82, 2.24) is 0 Å². The molecule has 0 aromatic heterocycles. The van der Waals surface area contributed by atoms with Crippen LogP contribution in [0.25, 0.3) is 4.72 Å². The number of nitro benzene ring substituents is 1. The topological polar surface area (TPSA) is 95.9 Å². The molecule has 27 heavy (non-hydrogen) atoms. The summed E-state index contributed by atoms with van der Waals surface area (Å²) in [5.41, 5.74) is 0.845. The summed E-state index contributed by atoms with van der Waals surface area (Å²) in [6.45, 7) is 2.36.